The summed E-state index contributed by atoms with van der Waals surface area (Å²) in [6, 6.07) is 3.29. The van der Waals surface area contributed by atoms with Gasteiger partial charge in [0.25, 0.3) is 5.91 Å². The molecule has 0 aliphatic carbocycles. The van der Waals surface area contributed by atoms with Crippen molar-refractivity contribution in [1.29, 1.82) is 0 Å². The van der Waals surface area contributed by atoms with Gasteiger partial charge in [0.05, 0.1) is 6.61 Å². The van der Waals surface area contributed by atoms with Crippen LogP contribution in [0.4, 0.5) is 9.18 Å². The molecular formula is C21H30FN3O7S. The van der Waals surface area contributed by atoms with Crippen molar-refractivity contribution in [3.8, 4) is 0 Å². The smallest absolute Gasteiger partial charge is 0.409 e. The molecule has 0 bridgehead atoms. The topological polar surface area (TPSA) is 131 Å². The molecule has 0 radical (unpaired) electrons. The fourth-order valence-electron chi connectivity index (χ4n) is 3.27. The first-order valence-electron chi connectivity index (χ1n) is 10.7. The number of sulfonamides is 1. The van der Waals surface area contributed by atoms with Crippen LogP contribution >= 0.6 is 0 Å². The second-order valence-corrected chi connectivity index (χ2v) is 9.59. The molecule has 1 saturated heterocycles. The van der Waals surface area contributed by atoms with Crippen LogP contribution < -0.4 is 10.0 Å². The molecule has 33 heavy (non-hydrogen) atoms. The van der Waals surface area contributed by atoms with Crippen LogP contribution in [0.3, 0.4) is 0 Å². The molecule has 184 valence electrons. The predicted octanol–water partition coefficient (Wildman–Crippen LogP) is 1.41. The SMILES string of the molecule is CCOC(=O)N1CCC(NC(=O)COC(=O)[C@@H](NS(=O)(=O)c2ccccc2F)C(C)C)CC1. The van der Waals surface area contributed by atoms with E-state index in [4.69, 9.17) is 9.47 Å². The van der Waals surface area contributed by atoms with Gasteiger partial charge in [0.15, 0.2) is 6.61 Å². The summed E-state index contributed by atoms with van der Waals surface area (Å²) in [5.74, 6) is -2.96. The summed E-state index contributed by atoms with van der Waals surface area (Å²) in [4.78, 5) is 37.4. The zero-order chi connectivity index (χ0) is 24.6. The van der Waals surface area contributed by atoms with Crippen LogP contribution in [0.2, 0.25) is 0 Å². The molecule has 0 aromatic heterocycles. The van der Waals surface area contributed by atoms with Crippen LogP contribution in [0.5, 0.6) is 0 Å². The van der Waals surface area contributed by atoms with E-state index in [1.165, 1.54) is 12.1 Å². The Morgan fingerprint density at radius 1 is 1.15 bits per heavy atom. The number of nitrogens with zero attached hydrogens (tertiary/aromatic N) is 1. The number of amides is 2. The number of rotatable bonds is 9. The standard InChI is InChI=1S/C21H30FN3O7S/c1-4-31-21(28)25-11-9-15(10-12-25)23-18(26)13-32-20(27)19(14(2)3)24-33(29,30)17-8-6-5-7-16(17)22/h5-8,14-15,19,24H,4,9-13H2,1-3H3,(H,23,26)/t19-/m0/s1. The molecule has 1 aromatic rings. The average molecular weight is 488 g/mol. The Morgan fingerprint density at radius 2 is 1.79 bits per heavy atom. The Balaban J connectivity index is 1.87. The Hall–Kier alpha value is -2.73. The normalized spacial score (nSPS) is 15.7. The van der Waals surface area contributed by atoms with Crippen LogP contribution in [-0.4, -0.2) is 69.7 Å². The number of ether oxygens (including phenoxy) is 2. The molecular weight excluding hydrogens is 457 g/mol. The third-order valence-corrected chi connectivity index (χ3v) is 6.53. The molecule has 2 rings (SSSR count). The van der Waals surface area contributed by atoms with E-state index >= 15 is 0 Å². The monoisotopic (exact) mass is 487 g/mol. The van der Waals surface area contributed by atoms with Gasteiger partial charge in [-0.3, -0.25) is 9.59 Å². The van der Waals surface area contributed by atoms with Gasteiger partial charge in [0, 0.05) is 19.1 Å². The number of hydrogen-bond donors (Lipinski definition) is 2. The van der Waals surface area contributed by atoms with E-state index in [9.17, 15) is 27.2 Å². The van der Waals surface area contributed by atoms with Crippen LogP contribution in [0.25, 0.3) is 0 Å². The molecule has 2 amide bonds. The lowest BCUT2D eigenvalue weighted by Gasteiger charge is -2.31. The van der Waals surface area contributed by atoms with E-state index in [-0.39, 0.29) is 12.6 Å². The highest BCUT2D eigenvalue weighted by Crippen LogP contribution is 2.16. The minimum atomic E-state index is -4.33. The third-order valence-electron chi connectivity index (χ3n) is 5.06. The fraction of sp³-hybridized carbons (Fsp3) is 0.571. The van der Waals surface area contributed by atoms with E-state index in [1.54, 1.807) is 25.7 Å². The first-order valence-corrected chi connectivity index (χ1v) is 12.2. The van der Waals surface area contributed by atoms with Gasteiger partial charge < -0.3 is 19.7 Å². The summed E-state index contributed by atoms with van der Waals surface area (Å²) in [6.45, 7) is 5.45. The fourth-order valence-corrected chi connectivity index (χ4v) is 4.68. The van der Waals surface area contributed by atoms with Crippen molar-refractivity contribution in [3.05, 3.63) is 30.1 Å². The Morgan fingerprint density at radius 3 is 2.36 bits per heavy atom. The lowest BCUT2D eigenvalue weighted by atomic mass is 10.1. The number of hydrogen-bond acceptors (Lipinski definition) is 7. The summed E-state index contributed by atoms with van der Waals surface area (Å²) >= 11 is 0. The zero-order valence-electron chi connectivity index (χ0n) is 18.9. The predicted molar refractivity (Wildman–Crippen MR) is 116 cm³/mol. The number of likely N-dealkylation sites (tertiary alicyclic amines) is 1. The van der Waals surface area contributed by atoms with Crippen molar-refractivity contribution in [2.75, 3.05) is 26.3 Å². The molecule has 12 heteroatoms. The quantitative estimate of drug-likeness (QED) is 0.504. The number of carbonyl (C=O) groups excluding carboxylic acids is 3. The van der Waals surface area contributed by atoms with Gasteiger partial charge in [-0.15, -0.1) is 0 Å². The van der Waals surface area contributed by atoms with Crippen molar-refractivity contribution < 1.29 is 36.7 Å². The van der Waals surface area contributed by atoms with E-state index < -0.39 is 57.3 Å². The van der Waals surface area contributed by atoms with E-state index in [1.807, 2.05) is 0 Å². The Labute approximate surface area is 192 Å². The van der Waals surface area contributed by atoms with Gasteiger partial charge in [0.2, 0.25) is 10.0 Å². The van der Waals surface area contributed by atoms with E-state index in [2.05, 4.69) is 10.0 Å². The Bertz CT molecular complexity index is 947. The van der Waals surface area contributed by atoms with Crippen LogP contribution in [-0.2, 0) is 29.1 Å². The number of carbonyl (C=O) groups is 3. The van der Waals surface area contributed by atoms with Gasteiger partial charge in [-0.1, -0.05) is 26.0 Å². The molecule has 10 nitrogen and oxygen atoms in total. The van der Waals surface area contributed by atoms with Crippen molar-refractivity contribution >= 4 is 28.0 Å². The molecule has 2 N–H and O–H groups in total. The van der Waals surface area contributed by atoms with Crippen molar-refractivity contribution in [1.82, 2.24) is 14.9 Å². The molecule has 1 fully saturated rings. The number of piperidine rings is 1. The summed E-state index contributed by atoms with van der Waals surface area (Å²) in [5.41, 5.74) is 0. The van der Waals surface area contributed by atoms with Gasteiger partial charge in [-0.05, 0) is 37.8 Å². The molecule has 1 heterocycles. The minimum absolute atomic E-state index is 0.192. The van der Waals surface area contributed by atoms with Crippen LogP contribution in [0.1, 0.15) is 33.6 Å². The van der Waals surface area contributed by atoms with Crippen molar-refractivity contribution in [2.24, 2.45) is 5.92 Å². The van der Waals surface area contributed by atoms with Gasteiger partial charge in [0.1, 0.15) is 16.8 Å². The minimum Gasteiger partial charge on any atom is -0.454 e. The number of esters is 1. The van der Waals surface area contributed by atoms with Gasteiger partial charge >= 0.3 is 12.1 Å². The number of nitrogens with one attached hydrogen (secondary N) is 2. The molecule has 1 aromatic carbocycles. The zero-order valence-corrected chi connectivity index (χ0v) is 19.7. The largest absolute Gasteiger partial charge is 0.454 e. The lowest BCUT2D eigenvalue weighted by Crippen LogP contribution is -2.48. The third kappa shape index (κ3) is 7.67. The highest BCUT2D eigenvalue weighted by molar-refractivity contribution is 7.89. The van der Waals surface area contributed by atoms with Crippen molar-refractivity contribution in [2.45, 2.75) is 50.6 Å². The Kier molecular flexibility index (Phi) is 9.59. The second-order valence-electron chi connectivity index (χ2n) is 7.91. The second kappa shape index (κ2) is 11.9. The van der Waals surface area contributed by atoms with E-state index in [0.29, 0.717) is 25.9 Å². The summed E-state index contributed by atoms with van der Waals surface area (Å²) < 4.78 is 51.1. The highest BCUT2D eigenvalue weighted by Gasteiger charge is 2.31. The first kappa shape index (κ1) is 26.5. The maximum Gasteiger partial charge on any atom is 0.409 e. The van der Waals surface area contributed by atoms with E-state index in [0.717, 1.165) is 12.1 Å². The summed E-state index contributed by atoms with van der Waals surface area (Å²) in [5, 5.41) is 2.73. The first-order chi connectivity index (χ1) is 15.5. The molecule has 0 spiro atoms. The molecule has 0 saturated carbocycles. The highest BCUT2D eigenvalue weighted by atomic mass is 32.2. The summed E-state index contributed by atoms with van der Waals surface area (Å²) in [7, 11) is -4.33. The number of benzene rings is 1. The van der Waals surface area contributed by atoms with Gasteiger partial charge in [-0.2, -0.15) is 4.72 Å². The summed E-state index contributed by atoms with van der Waals surface area (Å²) in [6.07, 6.45) is 0.652. The molecule has 0 unspecified atom stereocenters. The molecule has 1 aliphatic heterocycles. The maximum absolute atomic E-state index is 13.9. The number of halogens is 1. The maximum atomic E-state index is 13.9. The van der Waals surface area contributed by atoms with Crippen LogP contribution in [0, 0.1) is 11.7 Å². The molecule has 1 aliphatic rings. The van der Waals surface area contributed by atoms with Crippen LogP contribution in [0.15, 0.2) is 29.2 Å². The molecule has 1 atom stereocenters. The van der Waals surface area contributed by atoms with Crippen molar-refractivity contribution in [3.63, 3.8) is 0 Å². The lowest BCUT2D eigenvalue weighted by molar-refractivity contribution is -0.151. The average Bonchev–Trinajstić information content (AvgIpc) is 2.76. The van der Waals surface area contributed by atoms with Gasteiger partial charge in [-0.25, -0.2) is 17.6 Å².